The Hall–Kier alpha value is -2.43. The van der Waals surface area contributed by atoms with E-state index in [2.05, 4.69) is 5.32 Å². The molecule has 0 saturated carbocycles. The SMILES string of the molecule is CNC(=O)[C@H]1CN(C(=O)Cc2ccc(S(=O)(=O)N3CCCC3)s2)c2ccccc2O1. The molecule has 0 aliphatic carbocycles. The lowest BCUT2D eigenvalue weighted by Crippen LogP contribution is -2.50. The molecule has 4 rings (SSSR count). The van der Waals surface area contributed by atoms with Crippen molar-refractivity contribution in [3.05, 3.63) is 41.3 Å². The minimum atomic E-state index is -3.50. The Morgan fingerprint density at radius 2 is 1.90 bits per heavy atom. The first-order valence-electron chi connectivity index (χ1n) is 9.76. The number of sulfonamides is 1. The second-order valence-electron chi connectivity index (χ2n) is 7.20. The van der Waals surface area contributed by atoms with Crippen LogP contribution in [-0.4, -0.2) is 57.3 Å². The first-order valence-corrected chi connectivity index (χ1v) is 12.0. The van der Waals surface area contributed by atoms with Crippen LogP contribution in [0.1, 0.15) is 17.7 Å². The van der Waals surface area contributed by atoms with Crippen LogP contribution in [0, 0.1) is 0 Å². The van der Waals surface area contributed by atoms with Crippen LogP contribution < -0.4 is 15.0 Å². The Labute approximate surface area is 179 Å². The molecule has 0 bridgehead atoms. The molecule has 8 nitrogen and oxygen atoms in total. The zero-order chi connectivity index (χ0) is 21.3. The van der Waals surface area contributed by atoms with Gasteiger partial charge in [0.25, 0.3) is 15.9 Å². The molecule has 0 radical (unpaired) electrons. The predicted octanol–water partition coefficient (Wildman–Crippen LogP) is 1.62. The molecule has 1 aromatic heterocycles. The van der Waals surface area contributed by atoms with E-state index >= 15 is 0 Å². The van der Waals surface area contributed by atoms with E-state index in [1.54, 1.807) is 36.4 Å². The van der Waals surface area contributed by atoms with Gasteiger partial charge < -0.3 is 15.0 Å². The smallest absolute Gasteiger partial charge is 0.262 e. The molecule has 2 aliphatic rings. The van der Waals surface area contributed by atoms with Gasteiger partial charge in [-0.05, 0) is 37.1 Å². The van der Waals surface area contributed by atoms with E-state index in [4.69, 9.17) is 4.74 Å². The van der Waals surface area contributed by atoms with E-state index in [1.165, 1.54) is 16.3 Å². The molecule has 10 heteroatoms. The number of para-hydroxylation sites is 2. The summed E-state index contributed by atoms with van der Waals surface area (Å²) in [6.07, 6.45) is 0.996. The van der Waals surface area contributed by atoms with E-state index in [1.807, 2.05) is 0 Å². The average Bonchev–Trinajstić information content (AvgIpc) is 3.45. The van der Waals surface area contributed by atoms with Crippen LogP contribution in [0.2, 0.25) is 0 Å². The highest BCUT2D eigenvalue weighted by Crippen LogP contribution is 2.34. The number of likely N-dealkylation sites (N-methyl/N-ethyl adjacent to an activating group) is 1. The van der Waals surface area contributed by atoms with Crippen LogP contribution in [-0.2, 0) is 26.0 Å². The number of thiophene rings is 1. The van der Waals surface area contributed by atoms with Gasteiger partial charge in [-0.1, -0.05) is 12.1 Å². The van der Waals surface area contributed by atoms with Gasteiger partial charge in [-0.25, -0.2) is 8.42 Å². The highest BCUT2D eigenvalue weighted by atomic mass is 32.2. The van der Waals surface area contributed by atoms with E-state index in [0.29, 0.717) is 29.4 Å². The molecule has 0 unspecified atom stereocenters. The van der Waals surface area contributed by atoms with Crippen LogP contribution in [0.4, 0.5) is 5.69 Å². The van der Waals surface area contributed by atoms with Gasteiger partial charge in [-0.2, -0.15) is 4.31 Å². The second kappa shape index (κ2) is 8.37. The molecule has 0 spiro atoms. The third kappa shape index (κ3) is 3.94. The highest BCUT2D eigenvalue weighted by Gasteiger charge is 2.34. The van der Waals surface area contributed by atoms with Gasteiger partial charge in [0.2, 0.25) is 5.91 Å². The van der Waals surface area contributed by atoms with Gasteiger partial charge in [0.15, 0.2) is 6.10 Å². The van der Waals surface area contributed by atoms with Crippen molar-refractivity contribution in [3.63, 3.8) is 0 Å². The molecule has 30 heavy (non-hydrogen) atoms. The van der Waals surface area contributed by atoms with E-state index in [0.717, 1.165) is 24.2 Å². The molecule has 2 aliphatic heterocycles. The summed E-state index contributed by atoms with van der Waals surface area (Å²) in [5, 5.41) is 2.55. The number of amides is 2. The van der Waals surface area contributed by atoms with Crippen molar-refractivity contribution in [2.24, 2.45) is 0 Å². The first kappa shape index (κ1) is 20.8. The van der Waals surface area contributed by atoms with Crippen molar-refractivity contribution in [3.8, 4) is 5.75 Å². The molecule has 1 N–H and O–H groups in total. The van der Waals surface area contributed by atoms with E-state index < -0.39 is 16.1 Å². The molecule has 2 aromatic rings. The number of nitrogens with zero attached hydrogens (tertiary/aromatic N) is 2. The zero-order valence-corrected chi connectivity index (χ0v) is 18.2. The molecular weight excluding hydrogens is 426 g/mol. The summed E-state index contributed by atoms with van der Waals surface area (Å²) in [7, 11) is -1.98. The number of benzene rings is 1. The monoisotopic (exact) mass is 449 g/mol. The van der Waals surface area contributed by atoms with Gasteiger partial charge in [0.1, 0.15) is 9.96 Å². The number of ether oxygens (including phenoxy) is 1. The molecule has 160 valence electrons. The van der Waals surface area contributed by atoms with Crippen molar-refractivity contribution in [2.45, 2.75) is 29.6 Å². The van der Waals surface area contributed by atoms with Crippen LogP contribution in [0.5, 0.6) is 5.75 Å². The third-order valence-electron chi connectivity index (χ3n) is 5.24. The molecule has 1 atom stereocenters. The lowest BCUT2D eigenvalue weighted by Gasteiger charge is -2.34. The van der Waals surface area contributed by atoms with Crippen molar-refractivity contribution in [2.75, 3.05) is 31.6 Å². The average molecular weight is 450 g/mol. The Bertz CT molecular complexity index is 1060. The molecular formula is C20H23N3O5S2. The van der Waals surface area contributed by atoms with Crippen LogP contribution in [0.3, 0.4) is 0 Å². The van der Waals surface area contributed by atoms with Gasteiger partial charge in [0.05, 0.1) is 18.7 Å². The quantitative estimate of drug-likeness (QED) is 0.748. The first-order chi connectivity index (χ1) is 14.4. The molecule has 2 amide bonds. The number of carbonyl (C=O) groups excluding carboxylic acids is 2. The Balaban J connectivity index is 1.54. The van der Waals surface area contributed by atoms with Crippen molar-refractivity contribution < 1.29 is 22.7 Å². The van der Waals surface area contributed by atoms with Gasteiger partial charge in [-0.3, -0.25) is 9.59 Å². The van der Waals surface area contributed by atoms with Gasteiger partial charge in [-0.15, -0.1) is 11.3 Å². The van der Waals surface area contributed by atoms with Crippen LogP contribution >= 0.6 is 11.3 Å². The Morgan fingerprint density at radius 1 is 1.17 bits per heavy atom. The van der Waals surface area contributed by atoms with Crippen molar-refractivity contribution in [1.29, 1.82) is 0 Å². The van der Waals surface area contributed by atoms with E-state index in [-0.39, 0.29) is 29.0 Å². The maximum absolute atomic E-state index is 13.1. The number of anilines is 1. The number of hydrogen-bond acceptors (Lipinski definition) is 6. The Kier molecular flexibility index (Phi) is 5.81. The Morgan fingerprint density at radius 3 is 2.63 bits per heavy atom. The summed E-state index contributed by atoms with van der Waals surface area (Å²) in [5.74, 6) is -0.0572. The number of hydrogen-bond donors (Lipinski definition) is 1. The number of nitrogens with one attached hydrogen (secondary N) is 1. The van der Waals surface area contributed by atoms with Crippen LogP contribution in [0.15, 0.2) is 40.6 Å². The normalized spacial score (nSPS) is 19.2. The lowest BCUT2D eigenvalue weighted by atomic mass is 10.1. The highest BCUT2D eigenvalue weighted by molar-refractivity contribution is 7.91. The molecule has 3 heterocycles. The fourth-order valence-corrected chi connectivity index (χ4v) is 6.68. The molecule has 1 aromatic carbocycles. The second-order valence-corrected chi connectivity index (χ2v) is 10.5. The predicted molar refractivity (Wildman–Crippen MR) is 113 cm³/mol. The number of fused-ring (bicyclic) bond motifs is 1. The maximum Gasteiger partial charge on any atom is 0.262 e. The molecule has 1 saturated heterocycles. The zero-order valence-electron chi connectivity index (χ0n) is 16.5. The summed E-state index contributed by atoms with van der Waals surface area (Å²) < 4.78 is 33.0. The summed E-state index contributed by atoms with van der Waals surface area (Å²) in [4.78, 5) is 27.4. The minimum absolute atomic E-state index is 0.0506. The van der Waals surface area contributed by atoms with E-state index in [9.17, 15) is 18.0 Å². The lowest BCUT2D eigenvalue weighted by molar-refractivity contribution is -0.127. The van der Waals surface area contributed by atoms with Gasteiger partial charge >= 0.3 is 0 Å². The fourth-order valence-electron chi connectivity index (χ4n) is 3.66. The minimum Gasteiger partial charge on any atom is -0.477 e. The standard InChI is InChI=1S/C20H23N3O5S2/c1-21-20(25)17-13-23(15-6-2-3-7-16(15)28-17)18(24)12-14-8-9-19(29-14)30(26,27)22-10-4-5-11-22/h2-3,6-9,17H,4-5,10-13H2,1H3,(H,21,25)/t17-/m1/s1. The number of carbonyl (C=O) groups is 2. The summed E-state index contributed by atoms with van der Waals surface area (Å²) in [6, 6.07) is 10.3. The third-order valence-corrected chi connectivity index (χ3v) is 8.69. The summed E-state index contributed by atoms with van der Waals surface area (Å²) >= 11 is 1.12. The summed E-state index contributed by atoms with van der Waals surface area (Å²) in [5.41, 5.74) is 0.601. The van der Waals surface area contributed by atoms with Crippen molar-refractivity contribution in [1.82, 2.24) is 9.62 Å². The van der Waals surface area contributed by atoms with Crippen molar-refractivity contribution >= 4 is 38.9 Å². The van der Waals surface area contributed by atoms with Crippen LogP contribution in [0.25, 0.3) is 0 Å². The largest absolute Gasteiger partial charge is 0.477 e. The fraction of sp³-hybridized carbons (Fsp3) is 0.400. The molecule has 1 fully saturated rings. The topological polar surface area (TPSA) is 96.0 Å². The summed E-state index contributed by atoms with van der Waals surface area (Å²) in [6.45, 7) is 1.18. The maximum atomic E-state index is 13.1. The number of rotatable bonds is 5. The van der Waals surface area contributed by atoms with Gasteiger partial charge in [0, 0.05) is 25.0 Å².